The fourth-order valence-electron chi connectivity index (χ4n) is 0.937. The zero-order valence-corrected chi connectivity index (χ0v) is 6.06. The molecule has 1 heteroatoms. The smallest absolute Gasteiger partial charge is 0.104 e. The lowest BCUT2D eigenvalue weighted by atomic mass is 10.2. The Bertz CT molecular complexity index is 198. The van der Waals surface area contributed by atoms with Crippen molar-refractivity contribution in [2.45, 2.75) is 20.8 Å². The first kappa shape index (κ1) is 6.40. The van der Waals surface area contributed by atoms with E-state index in [4.69, 9.17) is 4.42 Å². The van der Waals surface area contributed by atoms with Gasteiger partial charge in [0.25, 0.3) is 0 Å². The molecule has 0 saturated carbocycles. The molecule has 0 amide bonds. The Kier molecular flexibility index (Phi) is 1.60. The van der Waals surface area contributed by atoms with E-state index >= 15 is 0 Å². The van der Waals surface area contributed by atoms with E-state index in [-0.39, 0.29) is 0 Å². The monoisotopic (exact) mass is 123 g/mol. The average Bonchev–Trinajstić information content (AvgIpc) is 2.10. The second-order valence-electron chi connectivity index (χ2n) is 2.16. The van der Waals surface area contributed by atoms with Crippen LogP contribution in [0.4, 0.5) is 0 Å². The fraction of sp³-hybridized carbons (Fsp3) is 0.375. The summed E-state index contributed by atoms with van der Waals surface area (Å²) in [7, 11) is 0. The molecule has 0 spiro atoms. The van der Waals surface area contributed by atoms with Crippen molar-refractivity contribution in [1.29, 1.82) is 0 Å². The summed E-state index contributed by atoms with van der Waals surface area (Å²) in [6, 6.07) is 2.04. The summed E-state index contributed by atoms with van der Waals surface area (Å²) >= 11 is 0. The predicted molar refractivity (Wildman–Crippen MR) is 37.3 cm³/mol. The third-order valence-electron chi connectivity index (χ3n) is 1.39. The van der Waals surface area contributed by atoms with E-state index in [0.717, 1.165) is 11.5 Å². The zero-order valence-electron chi connectivity index (χ0n) is 6.06. The van der Waals surface area contributed by atoms with Crippen molar-refractivity contribution in [2.24, 2.45) is 0 Å². The highest BCUT2D eigenvalue weighted by atomic mass is 16.3. The van der Waals surface area contributed by atoms with E-state index in [1.807, 2.05) is 33.3 Å². The maximum absolute atomic E-state index is 5.27. The van der Waals surface area contributed by atoms with Crippen molar-refractivity contribution in [2.75, 3.05) is 0 Å². The molecule has 1 aromatic heterocycles. The van der Waals surface area contributed by atoms with Crippen molar-refractivity contribution in [1.82, 2.24) is 0 Å². The third-order valence-corrected chi connectivity index (χ3v) is 1.39. The van der Waals surface area contributed by atoms with Crippen LogP contribution >= 0.6 is 0 Å². The Labute approximate surface area is 55.7 Å². The molecule has 0 bridgehead atoms. The van der Waals surface area contributed by atoms with E-state index in [1.54, 1.807) is 0 Å². The number of rotatable bonds is 1. The van der Waals surface area contributed by atoms with Crippen LogP contribution in [0, 0.1) is 20.3 Å². The van der Waals surface area contributed by atoms with Crippen LogP contribution in [0.15, 0.2) is 10.5 Å². The fourth-order valence-corrected chi connectivity index (χ4v) is 0.937. The number of aryl methyl sites for hydroxylation is 2. The van der Waals surface area contributed by atoms with E-state index in [1.165, 1.54) is 5.56 Å². The Morgan fingerprint density at radius 2 is 2.11 bits per heavy atom. The van der Waals surface area contributed by atoms with Gasteiger partial charge in [-0.1, -0.05) is 6.92 Å². The summed E-state index contributed by atoms with van der Waals surface area (Å²) in [4.78, 5) is 0. The Morgan fingerprint density at radius 3 is 2.33 bits per heavy atom. The van der Waals surface area contributed by atoms with Gasteiger partial charge in [0.05, 0.1) is 0 Å². The topological polar surface area (TPSA) is 13.1 Å². The lowest BCUT2D eigenvalue weighted by Gasteiger charge is -1.86. The molecule has 0 atom stereocenters. The molecule has 1 radical (unpaired) electrons. The molecule has 0 aliphatic carbocycles. The first-order valence-electron chi connectivity index (χ1n) is 3.10. The molecule has 1 rings (SSSR count). The highest BCUT2D eigenvalue weighted by molar-refractivity contribution is 5.26. The van der Waals surface area contributed by atoms with Gasteiger partial charge in [-0.25, -0.2) is 0 Å². The molecule has 1 heterocycles. The summed E-state index contributed by atoms with van der Waals surface area (Å²) in [5.41, 5.74) is 1.20. The highest BCUT2D eigenvalue weighted by Crippen LogP contribution is 2.14. The summed E-state index contributed by atoms with van der Waals surface area (Å²) in [6.07, 6.45) is 2.05. The number of furan rings is 1. The molecule has 9 heavy (non-hydrogen) atoms. The Hall–Kier alpha value is -0.720. The SMILES string of the molecule is C[CH]c1cc(C)oc1C. The van der Waals surface area contributed by atoms with Crippen LogP contribution in [0.2, 0.25) is 0 Å². The molecule has 0 aliphatic rings. The van der Waals surface area contributed by atoms with Gasteiger partial charge in [-0.3, -0.25) is 0 Å². The lowest BCUT2D eigenvalue weighted by Crippen LogP contribution is -1.72. The van der Waals surface area contributed by atoms with Gasteiger partial charge in [0.15, 0.2) is 0 Å². The molecule has 0 unspecified atom stereocenters. The number of hydrogen-bond acceptors (Lipinski definition) is 1. The van der Waals surface area contributed by atoms with Gasteiger partial charge < -0.3 is 4.42 Å². The molecular formula is C8H11O. The van der Waals surface area contributed by atoms with E-state index < -0.39 is 0 Å². The zero-order chi connectivity index (χ0) is 6.85. The first-order valence-corrected chi connectivity index (χ1v) is 3.10. The van der Waals surface area contributed by atoms with Gasteiger partial charge >= 0.3 is 0 Å². The standard InChI is InChI=1S/C8H11O/c1-4-8-5-6(2)9-7(8)3/h4-5H,1-3H3. The molecular weight excluding hydrogens is 112 g/mol. The molecule has 0 aromatic carbocycles. The Balaban J connectivity index is 3.01. The minimum absolute atomic E-state index is 0.987. The van der Waals surface area contributed by atoms with E-state index in [0.29, 0.717) is 0 Å². The lowest BCUT2D eigenvalue weighted by molar-refractivity contribution is 0.503. The summed E-state index contributed by atoms with van der Waals surface area (Å²) < 4.78 is 5.27. The van der Waals surface area contributed by atoms with Crippen LogP contribution < -0.4 is 0 Å². The van der Waals surface area contributed by atoms with Crippen LogP contribution in [0.5, 0.6) is 0 Å². The summed E-state index contributed by atoms with van der Waals surface area (Å²) in [5.74, 6) is 2.00. The van der Waals surface area contributed by atoms with E-state index in [2.05, 4.69) is 0 Å². The van der Waals surface area contributed by atoms with Gasteiger partial charge in [-0.05, 0) is 31.9 Å². The van der Waals surface area contributed by atoms with Gasteiger partial charge in [0.1, 0.15) is 11.5 Å². The third kappa shape index (κ3) is 1.15. The molecule has 0 N–H and O–H groups in total. The first-order chi connectivity index (χ1) is 4.24. The van der Waals surface area contributed by atoms with Crippen LogP contribution in [0.3, 0.4) is 0 Å². The molecule has 0 saturated heterocycles. The van der Waals surface area contributed by atoms with Gasteiger partial charge in [0.2, 0.25) is 0 Å². The van der Waals surface area contributed by atoms with Crippen molar-refractivity contribution in [3.05, 3.63) is 29.6 Å². The maximum atomic E-state index is 5.27. The van der Waals surface area contributed by atoms with Crippen molar-refractivity contribution in [3.8, 4) is 0 Å². The van der Waals surface area contributed by atoms with Crippen molar-refractivity contribution < 1.29 is 4.42 Å². The molecule has 1 aromatic rings. The minimum Gasteiger partial charge on any atom is -0.466 e. The molecule has 0 fully saturated rings. The maximum Gasteiger partial charge on any atom is 0.104 e. The summed E-state index contributed by atoms with van der Waals surface area (Å²) in [5, 5.41) is 0. The minimum atomic E-state index is 0.987. The summed E-state index contributed by atoms with van der Waals surface area (Å²) in [6.45, 7) is 5.94. The Morgan fingerprint density at radius 1 is 1.44 bits per heavy atom. The quantitative estimate of drug-likeness (QED) is 0.559. The van der Waals surface area contributed by atoms with E-state index in [9.17, 15) is 0 Å². The average molecular weight is 123 g/mol. The second kappa shape index (κ2) is 2.26. The van der Waals surface area contributed by atoms with Gasteiger partial charge in [-0.2, -0.15) is 0 Å². The molecule has 0 aliphatic heterocycles. The van der Waals surface area contributed by atoms with Crippen LogP contribution in [-0.2, 0) is 0 Å². The largest absolute Gasteiger partial charge is 0.466 e. The normalized spacial score (nSPS) is 10.1. The van der Waals surface area contributed by atoms with Crippen molar-refractivity contribution in [3.63, 3.8) is 0 Å². The predicted octanol–water partition coefficient (Wildman–Crippen LogP) is 2.47. The molecule has 1 nitrogen and oxygen atoms in total. The highest BCUT2D eigenvalue weighted by Gasteiger charge is 1.99. The second-order valence-corrected chi connectivity index (χ2v) is 2.16. The molecule has 49 valence electrons. The van der Waals surface area contributed by atoms with Crippen LogP contribution in [0.1, 0.15) is 24.0 Å². The van der Waals surface area contributed by atoms with Crippen molar-refractivity contribution >= 4 is 0 Å². The van der Waals surface area contributed by atoms with Crippen LogP contribution in [-0.4, -0.2) is 0 Å². The van der Waals surface area contributed by atoms with Crippen LogP contribution in [0.25, 0.3) is 0 Å². The van der Waals surface area contributed by atoms with Gasteiger partial charge in [0, 0.05) is 0 Å². The van der Waals surface area contributed by atoms with Gasteiger partial charge in [-0.15, -0.1) is 0 Å². The number of hydrogen-bond donors (Lipinski definition) is 0.